The van der Waals surface area contributed by atoms with E-state index in [1.807, 2.05) is 0 Å². The third-order valence-electron chi connectivity index (χ3n) is 4.11. The smallest absolute Gasteiger partial charge is 0.336 e. The SMILES string of the molecule is OC(F)(F)CCCCCCCCCCCCCCCCCF. The number of alkyl halides is 3. The number of hydrogen-bond donors (Lipinski definition) is 1. The summed E-state index contributed by atoms with van der Waals surface area (Å²) in [6, 6.07) is 0. The van der Waals surface area contributed by atoms with Crippen molar-refractivity contribution in [2.45, 2.75) is 109 Å². The van der Waals surface area contributed by atoms with Crippen LogP contribution in [0.1, 0.15) is 103 Å². The Bertz CT molecular complexity index is 217. The Labute approximate surface area is 134 Å². The van der Waals surface area contributed by atoms with Crippen molar-refractivity contribution in [3.05, 3.63) is 0 Å². The quantitative estimate of drug-likeness (QED) is 0.292. The Morgan fingerprint density at radius 2 is 0.773 bits per heavy atom. The molecule has 0 aromatic rings. The van der Waals surface area contributed by atoms with Crippen LogP contribution in [0.25, 0.3) is 0 Å². The molecule has 0 saturated carbocycles. The fraction of sp³-hybridized carbons (Fsp3) is 1.00. The Hall–Kier alpha value is -0.250. The van der Waals surface area contributed by atoms with E-state index in [1.165, 1.54) is 57.8 Å². The Morgan fingerprint density at radius 3 is 1.05 bits per heavy atom. The number of unbranched alkanes of at least 4 members (excludes halogenated alkanes) is 14. The van der Waals surface area contributed by atoms with Gasteiger partial charge in [-0.05, 0) is 12.8 Å². The lowest BCUT2D eigenvalue weighted by Crippen LogP contribution is -2.13. The second-order valence-corrected chi connectivity index (χ2v) is 6.41. The summed E-state index contributed by atoms with van der Waals surface area (Å²) in [5.74, 6) is 0. The minimum atomic E-state index is -3.48. The molecule has 0 aromatic carbocycles. The summed E-state index contributed by atoms with van der Waals surface area (Å²) in [6.45, 7) is -0.173. The van der Waals surface area contributed by atoms with E-state index >= 15 is 0 Å². The number of hydrogen-bond acceptors (Lipinski definition) is 1. The first-order valence-electron chi connectivity index (χ1n) is 9.22. The zero-order valence-corrected chi connectivity index (χ0v) is 14.1. The average Bonchev–Trinajstić information content (AvgIpc) is 2.45. The molecular formula is C18H35F3O. The molecule has 1 N–H and O–H groups in total. The van der Waals surface area contributed by atoms with E-state index in [2.05, 4.69) is 0 Å². The van der Waals surface area contributed by atoms with Crippen LogP contribution >= 0.6 is 0 Å². The van der Waals surface area contributed by atoms with Gasteiger partial charge in [-0.25, -0.2) is 0 Å². The molecule has 0 aliphatic carbocycles. The molecule has 0 spiro atoms. The number of aliphatic hydroxyl groups is 1. The van der Waals surface area contributed by atoms with Gasteiger partial charge in [-0.2, -0.15) is 8.78 Å². The molecule has 0 bridgehead atoms. The minimum absolute atomic E-state index is 0.173. The summed E-state index contributed by atoms with van der Waals surface area (Å²) in [4.78, 5) is 0. The van der Waals surface area contributed by atoms with Crippen molar-refractivity contribution < 1.29 is 18.3 Å². The first-order chi connectivity index (χ1) is 10.6. The van der Waals surface area contributed by atoms with E-state index in [0.29, 0.717) is 6.42 Å². The van der Waals surface area contributed by atoms with Crippen LogP contribution in [-0.2, 0) is 0 Å². The molecule has 22 heavy (non-hydrogen) atoms. The van der Waals surface area contributed by atoms with Gasteiger partial charge < -0.3 is 5.11 Å². The highest BCUT2D eigenvalue weighted by Crippen LogP contribution is 2.19. The molecule has 4 heteroatoms. The molecule has 0 atom stereocenters. The van der Waals surface area contributed by atoms with Crippen LogP contribution in [0.3, 0.4) is 0 Å². The van der Waals surface area contributed by atoms with E-state index in [0.717, 1.165) is 32.1 Å². The summed E-state index contributed by atoms with van der Waals surface area (Å²) in [5.41, 5.74) is 0. The van der Waals surface area contributed by atoms with Crippen LogP contribution in [0, 0.1) is 0 Å². The molecule has 134 valence electrons. The van der Waals surface area contributed by atoms with Gasteiger partial charge in [0.2, 0.25) is 0 Å². The van der Waals surface area contributed by atoms with Gasteiger partial charge in [0.15, 0.2) is 0 Å². The van der Waals surface area contributed by atoms with E-state index in [4.69, 9.17) is 5.11 Å². The molecule has 1 nitrogen and oxygen atoms in total. The van der Waals surface area contributed by atoms with Gasteiger partial charge in [-0.15, -0.1) is 0 Å². The van der Waals surface area contributed by atoms with Crippen molar-refractivity contribution in [3.8, 4) is 0 Å². The van der Waals surface area contributed by atoms with Crippen molar-refractivity contribution in [1.82, 2.24) is 0 Å². The maximum atomic E-state index is 12.1. The lowest BCUT2D eigenvalue weighted by atomic mass is 10.0. The molecular weight excluding hydrogens is 289 g/mol. The molecule has 0 heterocycles. The molecule has 0 aliphatic heterocycles. The lowest BCUT2D eigenvalue weighted by molar-refractivity contribution is -0.203. The monoisotopic (exact) mass is 324 g/mol. The average molecular weight is 324 g/mol. The van der Waals surface area contributed by atoms with Crippen LogP contribution < -0.4 is 0 Å². The van der Waals surface area contributed by atoms with Gasteiger partial charge in [-0.1, -0.05) is 83.5 Å². The highest BCUT2D eigenvalue weighted by molar-refractivity contribution is 4.52. The fourth-order valence-electron chi connectivity index (χ4n) is 2.73. The zero-order valence-electron chi connectivity index (χ0n) is 14.1. The topological polar surface area (TPSA) is 20.2 Å². The zero-order chi connectivity index (χ0) is 16.5. The van der Waals surface area contributed by atoms with E-state index < -0.39 is 12.5 Å². The largest absolute Gasteiger partial charge is 0.353 e. The van der Waals surface area contributed by atoms with Gasteiger partial charge in [0, 0.05) is 6.42 Å². The van der Waals surface area contributed by atoms with Crippen LogP contribution in [0.15, 0.2) is 0 Å². The Morgan fingerprint density at radius 1 is 0.500 bits per heavy atom. The maximum absolute atomic E-state index is 12.1. The third kappa shape index (κ3) is 19.8. The van der Waals surface area contributed by atoms with Crippen molar-refractivity contribution in [2.75, 3.05) is 6.67 Å². The first kappa shape index (κ1) is 21.8. The molecule has 0 unspecified atom stereocenters. The fourth-order valence-corrected chi connectivity index (χ4v) is 2.73. The van der Waals surface area contributed by atoms with Gasteiger partial charge in [0.25, 0.3) is 0 Å². The molecule has 0 amide bonds. The minimum Gasteiger partial charge on any atom is -0.336 e. The summed E-state index contributed by atoms with van der Waals surface area (Å²) < 4.78 is 36.2. The molecule has 0 aliphatic rings. The third-order valence-corrected chi connectivity index (χ3v) is 4.11. The maximum Gasteiger partial charge on any atom is 0.353 e. The van der Waals surface area contributed by atoms with E-state index in [9.17, 15) is 13.2 Å². The standard InChI is InChI=1S/C18H35F3O/c19-17-15-13-11-9-7-5-3-1-2-4-6-8-10-12-14-16-18(20,21)22/h22H,1-17H2. The Balaban J connectivity index is 3.00. The Kier molecular flexibility index (Phi) is 15.5. The summed E-state index contributed by atoms with van der Waals surface area (Å²) in [5, 5.41) is 8.28. The molecule has 0 saturated heterocycles. The van der Waals surface area contributed by atoms with Gasteiger partial charge >= 0.3 is 6.11 Å². The van der Waals surface area contributed by atoms with Gasteiger partial charge in [0.05, 0.1) is 6.67 Å². The molecule has 0 aromatic heterocycles. The first-order valence-corrected chi connectivity index (χ1v) is 9.22. The van der Waals surface area contributed by atoms with Gasteiger partial charge in [0.1, 0.15) is 0 Å². The van der Waals surface area contributed by atoms with Crippen LogP contribution in [0.4, 0.5) is 13.2 Å². The van der Waals surface area contributed by atoms with Crippen molar-refractivity contribution >= 4 is 0 Å². The predicted octanol–water partition coefficient (Wildman–Crippen LogP) is 6.78. The number of halogens is 3. The molecule has 0 radical (unpaired) electrons. The number of rotatable bonds is 17. The highest BCUT2D eigenvalue weighted by Gasteiger charge is 2.22. The van der Waals surface area contributed by atoms with Crippen molar-refractivity contribution in [1.29, 1.82) is 0 Å². The van der Waals surface area contributed by atoms with Crippen LogP contribution in [0.2, 0.25) is 0 Å². The lowest BCUT2D eigenvalue weighted by Gasteiger charge is -2.07. The normalized spacial score (nSPS) is 12.0. The van der Waals surface area contributed by atoms with E-state index in [1.54, 1.807) is 0 Å². The summed E-state index contributed by atoms with van der Waals surface area (Å²) in [7, 11) is 0. The van der Waals surface area contributed by atoms with Gasteiger partial charge in [-0.3, -0.25) is 4.39 Å². The molecule has 0 rings (SSSR count). The van der Waals surface area contributed by atoms with E-state index in [-0.39, 0.29) is 6.67 Å². The van der Waals surface area contributed by atoms with Crippen molar-refractivity contribution in [3.63, 3.8) is 0 Å². The van der Waals surface area contributed by atoms with Crippen LogP contribution in [0.5, 0.6) is 0 Å². The second-order valence-electron chi connectivity index (χ2n) is 6.41. The van der Waals surface area contributed by atoms with Crippen LogP contribution in [-0.4, -0.2) is 17.9 Å². The summed E-state index contributed by atoms with van der Waals surface area (Å²) in [6.07, 6.45) is 12.5. The second kappa shape index (κ2) is 15.6. The molecule has 0 fully saturated rings. The van der Waals surface area contributed by atoms with Crippen molar-refractivity contribution in [2.24, 2.45) is 0 Å². The predicted molar refractivity (Wildman–Crippen MR) is 87.0 cm³/mol. The highest BCUT2D eigenvalue weighted by atomic mass is 19.3. The summed E-state index contributed by atoms with van der Waals surface area (Å²) >= 11 is 0.